The molecule has 2 fully saturated rings. The highest BCUT2D eigenvalue weighted by molar-refractivity contribution is 7.98. The van der Waals surface area contributed by atoms with Gasteiger partial charge in [-0.15, -0.1) is 0 Å². The number of nitrogens with zero attached hydrogens (tertiary/aromatic N) is 1. The minimum atomic E-state index is 0.00543. The number of amides is 2. The van der Waals surface area contributed by atoms with Crippen molar-refractivity contribution in [2.75, 3.05) is 25.1 Å². The fourth-order valence-corrected chi connectivity index (χ4v) is 4.00. The van der Waals surface area contributed by atoms with E-state index in [4.69, 9.17) is 0 Å². The summed E-state index contributed by atoms with van der Waals surface area (Å²) < 4.78 is 0. The SMILES string of the molecule is CSCC(C)NC(=O)NC1CCN(C2CCCC2)CC1. The molecule has 0 aromatic rings. The summed E-state index contributed by atoms with van der Waals surface area (Å²) in [5.74, 6) is 0.966. The van der Waals surface area contributed by atoms with Gasteiger partial charge in [0, 0.05) is 37.0 Å². The fourth-order valence-electron chi connectivity index (χ4n) is 3.42. The first-order chi connectivity index (χ1) is 9.69. The van der Waals surface area contributed by atoms with Crippen LogP contribution in [0.2, 0.25) is 0 Å². The van der Waals surface area contributed by atoms with Gasteiger partial charge in [-0.3, -0.25) is 0 Å². The number of hydrogen-bond donors (Lipinski definition) is 2. The van der Waals surface area contributed by atoms with Crippen molar-refractivity contribution in [3.05, 3.63) is 0 Å². The Balaban J connectivity index is 1.64. The molecule has 1 saturated heterocycles. The molecule has 1 heterocycles. The summed E-state index contributed by atoms with van der Waals surface area (Å²) in [6.45, 7) is 4.35. The number of likely N-dealkylation sites (tertiary alicyclic amines) is 1. The van der Waals surface area contributed by atoms with Gasteiger partial charge >= 0.3 is 6.03 Å². The Bertz CT molecular complexity index is 299. The molecular weight excluding hydrogens is 270 g/mol. The molecule has 0 bridgehead atoms. The summed E-state index contributed by atoms with van der Waals surface area (Å²) >= 11 is 1.76. The van der Waals surface area contributed by atoms with Gasteiger partial charge in [0.25, 0.3) is 0 Å². The van der Waals surface area contributed by atoms with Gasteiger partial charge in [-0.2, -0.15) is 11.8 Å². The molecule has 1 aliphatic heterocycles. The zero-order valence-corrected chi connectivity index (χ0v) is 13.7. The summed E-state index contributed by atoms with van der Waals surface area (Å²) in [7, 11) is 0. The lowest BCUT2D eigenvalue weighted by molar-refractivity contribution is 0.145. The van der Waals surface area contributed by atoms with Crippen LogP contribution in [0.3, 0.4) is 0 Å². The number of piperidine rings is 1. The van der Waals surface area contributed by atoms with E-state index in [-0.39, 0.29) is 12.1 Å². The van der Waals surface area contributed by atoms with Crippen molar-refractivity contribution in [1.29, 1.82) is 0 Å². The van der Waals surface area contributed by atoms with E-state index in [1.807, 2.05) is 0 Å². The molecule has 2 rings (SSSR count). The number of urea groups is 1. The zero-order valence-electron chi connectivity index (χ0n) is 12.9. The highest BCUT2D eigenvalue weighted by Gasteiger charge is 2.27. The van der Waals surface area contributed by atoms with Crippen LogP contribution in [0.15, 0.2) is 0 Å². The lowest BCUT2D eigenvalue weighted by Crippen LogP contribution is -2.51. The maximum absolute atomic E-state index is 11.9. The minimum absolute atomic E-state index is 0.00543. The number of carbonyl (C=O) groups excluding carboxylic acids is 1. The van der Waals surface area contributed by atoms with Crippen molar-refractivity contribution in [2.45, 2.75) is 63.6 Å². The van der Waals surface area contributed by atoms with Crippen LogP contribution in [0, 0.1) is 0 Å². The van der Waals surface area contributed by atoms with Crippen LogP contribution in [-0.4, -0.2) is 54.2 Å². The Hall–Kier alpha value is -0.420. The summed E-state index contributed by atoms with van der Waals surface area (Å²) in [5, 5.41) is 6.14. The van der Waals surface area contributed by atoms with Crippen molar-refractivity contribution in [2.24, 2.45) is 0 Å². The summed E-state index contributed by atoms with van der Waals surface area (Å²) in [6.07, 6.45) is 9.82. The number of carbonyl (C=O) groups is 1. The first-order valence-electron chi connectivity index (χ1n) is 7.99. The highest BCUT2D eigenvalue weighted by atomic mass is 32.2. The highest BCUT2D eigenvalue weighted by Crippen LogP contribution is 2.26. The van der Waals surface area contributed by atoms with Crippen molar-refractivity contribution < 1.29 is 4.79 Å². The molecule has 0 spiro atoms. The van der Waals surface area contributed by atoms with Crippen molar-refractivity contribution in [1.82, 2.24) is 15.5 Å². The van der Waals surface area contributed by atoms with Gasteiger partial charge in [-0.25, -0.2) is 4.79 Å². The molecule has 0 aromatic heterocycles. The van der Waals surface area contributed by atoms with Gasteiger partial charge < -0.3 is 15.5 Å². The Kier molecular flexibility index (Phi) is 6.49. The molecule has 5 heteroatoms. The lowest BCUT2D eigenvalue weighted by atomic mass is 10.0. The molecule has 1 saturated carbocycles. The zero-order chi connectivity index (χ0) is 14.4. The monoisotopic (exact) mass is 299 g/mol. The van der Waals surface area contributed by atoms with E-state index < -0.39 is 0 Å². The predicted octanol–water partition coefficient (Wildman–Crippen LogP) is 2.44. The minimum Gasteiger partial charge on any atom is -0.335 e. The third-order valence-electron chi connectivity index (χ3n) is 4.50. The number of nitrogens with one attached hydrogen (secondary N) is 2. The van der Waals surface area contributed by atoms with Crippen LogP contribution in [0.5, 0.6) is 0 Å². The van der Waals surface area contributed by atoms with Crippen molar-refractivity contribution in [3.63, 3.8) is 0 Å². The second-order valence-corrected chi connectivity index (χ2v) is 7.13. The Morgan fingerprint density at radius 3 is 2.50 bits per heavy atom. The van der Waals surface area contributed by atoms with Crippen LogP contribution < -0.4 is 10.6 Å². The van der Waals surface area contributed by atoms with E-state index in [1.54, 1.807) is 11.8 Å². The molecule has 116 valence electrons. The third-order valence-corrected chi connectivity index (χ3v) is 5.33. The molecule has 0 radical (unpaired) electrons. The topological polar surface area (TPSA) is 44.4 Å². The number of rotatable bonds is 5. The van der Waals surface area contributed by atoms with Crippen LogP contribution in [0.4, 0.5) is 4.79 Å². The maximum atomic E-state index is 11.9. The summed E-state index contributed by atoms with van der Waals surface area (Å²) in [5.41, 5.74) is 0. The van der Waals surface area contributed by atoms with Gasteiger partial charge in [0.2, 0.25) is 0 Å². The number of hydrogen-bond acceptors (Lipinski definition) is 3. The van der Waals surface area contributed by atoms with Crippen molar-refractivity contribution >= 4 is 17.8 Å². The predicted molar refractivity (Wildman–Crippen MR) is 86.4 cm³/mol. The molecule has 1 aliphatic carbocycles. The van der Waals surface area contributed by atoms with Crippen LogP contribution >= 0.6 is 11.8 Å². The molecule has 4 nitrogen and oxygen atoms in total. The summed E-state index contributed by atoms with van der Waals surface area (Å²) in [6, 6.07) is 1.43. The Labute approximate surface area is 127 Å². The summed E-state index contributed by atoms with van der Waals surface area (Å²) in [4.78, 5) is 14.5. The van der Waals surface area contributed by atoms with E-state index in [2.05, 4.69) is 28.7 Å². The van der Waals surface area contributed by atoms with E-state index in [0.717, 1.165) is 37.7 Å². The van der Waals surface area contributed by atoms with Crippen molar-refractivity contribution in [3.8, 4) is 0 Å². The molecule has 2 aliphatic rings. The first kappa shape index (κ1) is 16.0. The molecule has 1 unspecified atom stereocenters. The second-order valence-electron chi connectivity index (χ2n) is 6.22. The van der Waals surface area contributed by atoms with Crippen LogP contribution in [-0.2, 0) is 0 Å². The average molecular weight is 299 g/mol. The van der Waals surface area contributed by atoms with Crippen LogP contribution in [0.1, 0.15) is 45.4 Å². The standard InChI is InChI=1S/C15H29N3OS/c1-12(11-20-2)16-15(19)17-13-7-9-18(10-8-13)14-5-3-4-6-14/h12-14H,3-11H2,1-2H3,(H2,16,17,19). The van der Waals surface area contributed by atoms with E-state index in [9.17, 15) is 4.79 Å². The van der Waals surface area contributed by atoms with Gasteiger partial charge in [0.15, 0.2) is 0 Å². The van der Waals surface area contributed by atoms with E-state index >= 15 is 0 Å². The average Bonchev–Trinajstić information content (AvgIpc) is 2.93. The number of thioether (sulfide) groups is 1. The maximum Gasteiger partial charge on any atom is 0.315 e. The lowest BCUT2D eigenvalue weighted by Gasteiger charge is -2.36. The second kappa shape index (κ2) is 8.13. The smallest absolute Gasteiger partial charge is 0.315 e. The van der Waals surface area contributed by atoms with Crippen LogP contribution in [0.25, 0.3) is 0 Å². The molecule has 0 aromatic carbocycles. The quantitative estimate of drug-likeness (QED) is 0.819. The molecular formula is C15H29N3OS. The third kappa shape index (κ3) is 4.85. The molecule has 2 N–H and O–H groups in total. The van der Waals surface area contributed by atoms with Gasteiger partial charge in [-0.05, 0) is 38.9 Å². The molecule has 1 atom stereocenters. The Morgan fingerprint density at radius 2 is 1.90 bits per heavy atom. The largest absolute Gasteiger partial charge is 0.335 e. The molecule has 20 heavy (non-hydrogen) atoms. The van der Waals surface area contributed by atoms with Gasteiger partial charge in [0.05, 0.1) is 0 Å². The first-order valence-corrected chi connectivity index (χ1v) is 9.38. The molecule has 2 amide bonds. The Morgan fingerprint density at radius 1 is 1.25 bits per heavy atom. The van der Waals surface area contributed by atoms with Gasteiger partial charge in [-0.1, -0.05) is 12.8 Å². The normalized spacial score (nSPS) is 23.7. The van der Waals surface area contributed by atoms with Gasteiger partial charge in [0.1, 0.15) is 0 Å². The van der Waals surface area contributed by atoms with E-state index in [1.165, 1.54) is 25.7 Å². The van der Waals surface area contributed by atoms with E-state index in [0.29, 0.717) is 6.04 Å². The fraction of sp³-hybridized carbons (Fsp3) is 0.933.